The zero-order valence-corrected chi connectivity index (χ0v) is 18.7. The van der Waals surface area contributed by atoms with E-state index < -0.39 is 10.9 Å². The number of hydrogen-bond donors (Lipinski definition) is 0. The van der Waals surface area contributed by atoms with Crippen molar-refractivity contribution in [1.82, 2.24) is 0 Å². The van der Waals surface area contributed by atoms with Crippen molar-refractivity contribution in [2.24, 2.45) is 4.99 Å². The minimum atomic E-state index is -0.690. The van der Waals surface area contributed by atoms with Crippen molar-refractivity contribution in [3.05, 3.63) is 109 Å². The number of rotatable bonds is 6. The van der Waals surface area contributed by atoms with Gasteiger partial charge >= 0.3 is 5.97 Å². The molecule has 0 aromatic heterocycles. The van der Waals surface area contributed by atoms with Gasteiger partial charge in [0, 0.05) is 22.2 Å². The molecule has 160 valence electrons. The second kappa shape index (κ2) is 9.33. The van der Waals surface area contributed by atoms with E-state index in [1.165, 1.54) is 24.3 Å². The lowest BCUT2D eigenvalue weighted by atomic mass is 10.1. The molecule has 0 amide bonds. The van der Waals surface area contributed by atoms with Crippen LogP contribution in [0.2, 0.25) is 5.02 Å². The molecule has 4 rings (SSSR count). The third kappa shape index (κ3) is 4.87. The number of benzene rings is 3. The number of carbonyl (C=O) groups excluding carboxylic acids is 1. The second-order valence-electron chi connectivity index (χ2n) is 6.71. The monoisotopic (exact) mass is 512 g/mol. The SMILES string of the molecule is O=C1OC(c2cc([N+](=O)[O-])ccc2Cl)=N/C1=C\c1ccccc1OCc1cccc(Br)c1. The number of halogens is 2. The number of esters is 1. The molecule has 0 aliphatic carbocycles. The molecular formula is C23H14BrClN2O5. The summed E-state index contributed by atoms with van der Waals surface area (Å²) < 4.78 is 12.1. The van der Waals surface area contributed by atoms with Gasteiger partial charge in [-0.2, -0.15) is 0 Å². The van der Waals surface area contributed by atoms with Crippen LogP contribution in [0.1, 0.15) is 16.7 Å². The Morgan fingerprint density at radius 3 is 2.72 bits per heavy atom. The highest BCUT2D eigenvalue weighted by atomic mass is 79.9. The van der Waals surface area contributed by atoms with Crippen LogP contribution in [0.15, 0.2) is 81.9 Å². The Bertz CT molecular complexity index is 1290. The van der Waals surface area contributed by atoms with E-state index in [4.69, 9.17) is 21.1 Å². The molecule has 1 heterocycles. The first kappa shape index (κ1) is 21.7. The molecule has 9 heteroatoms. The lowest BCUT2D eigenvalue weighted by molar-refractivity contribution is -0.384. The molecule has 0 atom stereocenters. The van der Waals surface area contributed by atoms with Crippen LogP contribution in [0.5, 0.6) is 5.75 Å². The lowest BCUT2D eigenvalue weighted by Crippen LogP contribution is -2.06. The molecule has 0 radical (unpaired) electrons. The van der Waals surface area contributed by atoms with Crippen LogP contribution in [0.3, 0.4) is 0 Å². The third-order valence-electron chi connectivity index (χ3n) is 4.51. The van der Waals surface area contributed by atoms with Crippen LogP contribution >= 0.6 is 27.5 Å². The Hall–Kier alpha value is -3.49. The first-order valence-corrected chi connectivity index (χ1v) is 10.5. The summed E-state index contributed by atoms with van der Waals surface area (Å²) >= 11 is 9.57. The molecule has 1 aliphatic heterocycles. The van der Waals surface area contributed by atoms with Crippen molar-refractivity contribution in [2.75, 3.05) is 0 Å². The molecule has 3 aromatic carbocycles. The van der Waals surface area contributed by atoms with Crippen LogP contribution in [-0.2, 0) is 16.1 Å². The fraction of sp³-hybridized carbons (Fsp3) is 0.0435. The zero-order chi connectivity index (χ0) is 22.7. The van der Waals surface area contributed by atoms with Crippen molar-refractivity contribution in [2.45, 2.75) is 6.61 Å². The van der Waals surface area contributed by atoms with E-state index in [1.807, 2.05) is 30.3 Å². The van der Waals surface area contributed by atoms with Gasteiger partial charge in [-0.1, -0.05) is 57.9 Å². The highest BCUT2D eigenvalue weighted by Gasteiger charge is 2.27. The van der Waals surface area contributed by atoms with E-state index >= 15 is 0 Å². The van der Waals surface area contributed by atoms with Crippen molar-refractivity contribution in [1.29, 1.82) is 0 Å². The van der Waals surface area contributed by atoms with E-state index in [1.54, 1.807) is 18.2 Å². The van der Waals surface area contributed by atoms with Crippen molar-refractivity contribution < 1.29 is 19.2 Å². The van der Waals surface area contributed by atoms with Gasteiger partial charge in [-0.15, -0.1) is 0 Å². The van der Waals surface area contributed by atoms with Gasteiger partial charge in [-0.25, -0.2) is 9.79 Å². The Kier molecular flexibility index (Phi) is 6.34. The van der Waals surface area contributed by atoms with Crippen molar-refractivity contribution in [3.63, 3.8) is 0 Å². The van der Waals surface area contributed by atoms with Crippen LogP contribution in [0.25, 0.3) is 6.08 Å². The van der Waals surface area contributed by atoms with Gasteiger partial charge in [0.05, 0.1) is 15.5 Å². The quantitative estimate of drug-likeness (QED) is 0.176. The van der Waals surface area contributed by atoms with Crippen LogP contribution < -0.4 is 4.74 Å². The van der Waals surface area contributed by atoms with Gasteiger partial charge in [-0.3, -0.25) is 10.1 Å². The number of nitro groups is 1. The highest BCUT2D eigenvalue weighted by molar-refractivity contribution is 9.10. The largest absolute Gasteiger partial charge is 0.488 e. The highest BCUT2D eigenvalue weighted by Crippen LogP contribution is 2.29. The number of non-ortho nitro benzene ring substituents is 1. The predicted molar refractivity (Wildman–Crippen MR) is 124 cm³/mol. The number of nitro benzene ring substituents is 1. The molecule has 1 aliphatic rings. The maximum atomic E-state index is 12.4. The number of nitrogens with zero attached hydrogens (tertiary/aromatic N) is 2. The number of carbonyl (C=O) groups is 1. The summed E-state index contributed by atoms with van der Waals surface area (Å²) in [7, 11) is 0. The summed E-state index contributed by atoms with van der Waals surface area (Å²) in [5.41, 5.74) is 1.61. The molecule has 0 fully saturated rings. The number of para-hydroxylation sites is 1. The number of cyclic esters (lactones) is 1. The molecule has 0 saturated carbocycles. The van der Waals surface area contributed by atoms with Crippen molar-refractivity contribution in [3.8, 4) is 5.75 Å². The van der Waals surface area contributed by atoms with Crippen molar-refractivity contribution >= 4 is 51.2 Å². The van der Waals surface area contributed by atoms with E-state index in [0.717, 1.165) is 10.0 Å². The Labute approximate surface area is 196 Å². The third-order valence-corrected chi connectivity index (χ3v) is 5.33. The van der Waals surface area contributed by atoms with Crippen LogP contribution in [-0.4, -0.2) is 16.8 Å². The van der Waals surface area contributed by atoms with E-state index in [2.05, 4.69) is 20.9 Å². The molecule has 7 nitrogen and oxygen atoms in total. The molecule has 0 N–H and O–H groups in total. The molecule has 3 aromatic rings. The molecule has 32 heavy (non-hydrogen) atoms. The van der Waals surface area contributed by atoms with Gasteiger partial charge in [0.1, 0.15) is 12.4 Å². The van der Waals surface area contributed by atoms with E-state index in [0.29, 0.717) is 17.9 Å². The summed E-state index contributed by atoms with van der Waals surface area (Å²) in [5, 5.41) is 11.2. The standard InChI is InChI=1S/C23H14BrClN2O5/c24-16-6-3-4-14(10-16)13-31-21-7-2-1-5-15(21)11-20-23(28)32-22(26-20)18-12-17(27(29)30)8-9-19(18)25/h1-12H,13H2/b20-11-. The molecule has 0 saturated heterocycles. The molecule has 0 unspecified atom stereocenters. The summed E-state index contributed by atoms with van der Waals surface area (Å²) in [6.45, 7) is 0.335. The van der Waals surface area contributed by atoms with Crippen LogP contribution in [0, 0.1) is 10.1 Å². The van der Waals surface area contributed by atoms with Gasteiger partial charge in [-0.05, 0) is 35.9 Å². The minimum Gasteiger partial charge on any atom is -0.488 e. The van der Waals surface area contributed by atoms with Gasteiger partial charge in [0.2, 0.25) is 5.90 Å². The topological polar surface area (TPSA) is 91.0 Å². The van der Waals surface area contributed by atoms with Crippen LogP contribution in [0.4, 0.5) is 5.69 Å². The van der Waals surface area contributed by atoms with E-state index in [-0.39, 0.29) is 27.9 Å². The summed E-state index contributed by atoms with van der Waals surface area (Å²) in [5.74, 6) is -0.225. The number of ether oxygens (including phenoxy) is 2. The molecular weight excluding hydrogens is 500 g/mol. The number of aliphatic imine (C=N–C) groups is 1. The average Bonchev–Trinajstić information content (AvgIpc) is 3.13. The maximum Gasteiger partial charge on any atom is 0.363 e. The van der Waals surface area contributed by atoms with Gasteiger partial charge in [0.25, 0.3) is 5.69 Å². The summed E-state index contributed by atoms with van der Waals surface area (Å²) in [6, 6.07) is 18.8. The Morgan fingerprint density at radius 1 is 1.12 bits per heavy atom. The lowest BCUT2D eigenvalue weighted by Gasteiger charge is -2.09. The molecule has 0 spiro atoms. The number of hydrogen-bond acceptors (Lipinski definition) is 6. The zero-order valence-electron chi connectivity index (χ0n) is 16.3. The summed E-state index contributed by atoms with van der Waals surface area (Å²) in [4.78, 5) is 27.1. The average molecular weight is 514 g/mol. The summed E-state index contributed by atoms with van der Waals surface area (Å²) in [6.07, 6.45) is 1.54. The fourth-order valence-electron chi connectivity index (χ4n) is 2.98. The van der Waals surface area contributed by atoms with Gasteiger partial charge < -0.3 is 9.47 Å². The van der Waals surface area contributed by atoms with Gasteiger partial charge in [0.15, 0.2) is 5.70 Å². The first-order valence-electron chi connectivity index (χ1n) is 9.34. The fourth-order valence-corrected chi connectivity index (χ4v) is 3.63. The smallest absolute Gasteiger partial charge is 0.363 e. The minimum absolute atomic E-state index is 0.0288. The Balaban J connectivity index is 1.62. The Morgan fingerprint density at radius 2 is 1.94 bits per heavy atom. The molecule has 0 bridgehead atoms. The first-order chi connectivity index (χ1) is 15.4. The van der Waals surface area contributed by atoms with E-state index in [9.17, 15) is 14.9 Å². The second-order valence-corrected chi connectivity index (χ2v) is 8.04. The normalized spacial score (nSPS) is 14.2. The maximum absolute atomic E-state index is 12.4. The predicted octanol–water partition coefficient (Wildman–Crippen LogP) is 5.93.